The Kier molecular flexibility index (Phi) is 5.11. The van der Waals surface area contributed by atoms with Gasteiger partial charge in [0.05, 0.1) is 16.7 Å². The number of nitrogens with two attached hydrogens (primary N) is 1. The van der Waals surface area contributed by atoms with Gasteiger partial charge in [0.25, 0.3) is 11.6 Å². The first-order valence-electron chi connectivity index (χ1n) is 7.01. The fourth-order valence-electron chi connectivity index (χ4n) is 1.93. The van der Waals surface area contributed by atoms with Gasteiger partial charge in [-0.3, -0.25) is 14.9 Å². The number of nitrogens with zero attached hydrogens (tertiary/aromatic N) is 2. The van der Waals surface area contributed by atoms with Gasteiger partial charge in [0.1, 0.15) is 5.69 Å². The molecule has 0 aliphatic rings. The molecule has 0 fully saturated rings. The van der Waals surface area contributed by atoms with Crippen molar-refractivity contribution < 1.29 is 9.72 Å². The van der Waals surface area contributed by atoms with E-state index in [1.807, 2.05) is 34.6 Å². The average Bonchev–Trinajstić information content (AvgIpc) is 2.83. The molecular formula is C14H24N4O3. The summed E-state index contributed by atoms with van der Waals surface area (Å²) in [5.74, 6) is -0.206. The van der Waals surface area contributed by atoms with Gasteiger partial charge in [0.2, 0.25) is 0 Å². The molecule has 7 heteroatoms. The SMILES string of the molecule is CC(C)n1cc([N+](=O)[O-])cc1C(=O)NC(C)(CN)C(C)C. The second kappa shape index (κ2) is 6.26. The van der Waals surface area contributed by atoms with E-state index < -0.39 is 10.5 Å². The number of nitrogens with one attached hydrogen (secondary N) is 1. The predicted octanol–water partition coefficient (Wildman–Crippen LogP) is 2.08. The van der Waals surface area contributed by atoms with E-state index in [0.717, 1.165) is 0 Å². The molecule has 1 rings (SSSR count). The van der Waals surface area contributed by atoms with Gasteiger partial charge in [-0.2, -0.15) is 0 Å². The summed E-state index contributed by atoms with van der Waals surface area (Å²) in [5, 5.41) is 13.8. The largest absolute Gasteiger partial charge is 0.344 e. The number of nitro groups is 1. The maximum absolute atomic E-state index is 12.5. The van der Waals surface area contributed by atoms with Crippen molar-refractivity contribution in [1.29, 1.82) is 0 Å². The van der Waals surface area contributed by atoms with E-state index in [1.54, 1.807) is 4.57 Å². The number of aromatic nitrogens is 1. The van der Waals surface area contributed by atoms with Crippen molar-refractivity contribution in [2.75, 3.05) is 6.54 Å². The zero-order valence-corrected chi connectivity index (χ0v) is 13.2. The van der Waals surface area contributed by atoms with Crippen LogP contribution < -0.4 is 11.1 Å². The lowest BCUT2D eigenvalue weighted by Crippen LogP contribution is -2.55. The van der Waals surface area contributed by atoms with Crippen molar-refractivity contribution in [1.82, 2.24) is 9.88 Å². The third-order valence-corrected chi connectivity index (χ3v) is 3.93. The van der Waals surface area contributed by atoms with Crippen LogP contribution >= 0.6 is 0 Å². The van der Waals surface area contributed by atoms with Crippen molar-refractivity contribution in [3.8, 4) is 0 Å². The molecular weight excluding hydrogens is 272 g/mol. The lowest BCUT2D eigenvalue weighted by atomic mass is 9.88. The zero-order chi connectivity index (χ0) is 16.4. The quantitative estimate of drug-likeness (QED) is 0.619. The van der Waals surface area contributed by atoms with Crippen LogP contribution in [0, 0.1) is 16.0 Å². The van der Waals surface area contributed by atoms with Gasteiger partial charge in [-0.25, -0.2) is 0 Å². The first kappa shape index (κ1) is 17.2. The highest BCUT2D eigenvalue weighted by atomic mass is 16.6. The smallest absolute Gasteiger partial charge is 0.287 e. The molecule has 1 atom stereocenters. The average molecular weight is 296 g/mol. The molecule has 0 saturated carbocycles. The highest BCUT2D eigenvalue weighted by Gasteiger charge is 2.31. The Labute approximate surface area is 124 Å². The van der Waals surface area contributed by atoms with Gasteiger partial charge < -0.3 is 15.6 Å². The molecule has 1 amide bonds. The Morgan fingerprint density at radius 3 is 2.43 bits per heavy atom. The van der Waals surface area contributed by atoms with Crippen molar-refractivity contribution >= 4 is 11.6 Å². The molecule has 1 unspecified atom stereocenters. The summed E-state index contributed by atoms with van der Waals surface area (Å²) in [6, 6.07) is 1.25. The first-order chi connectivity index (χ1) is 9.62. The molecule has 0 aromatic carbocycles. The van der Waals surface area contributed by atoms with Crippen LogP contribution in [0.3, 0.4) is 0 Å². The summed E-state index contributed by atoms with van der Waals surface area (Å²) in [4.78, 5) is 22.9. The molecule has 21 heavy (non-hydrogen) atoms. The van der Waals surface area contributed by atoms with Crippen molar-refractivity contribution in [2.24, 2.45) is 11.7 Å². The maximum Gasteiger partial charge on any atom is 0.287 e. The van der Waals surface area contributed by atoms with Crippen LogP contribution in [0.4, 0.5) is 5.69 Å². The normalized spacial score (nSPS) is 14.3. The third kappa shape index (κ3) is 3.60. The lowest BCUT2D eigenvalue weighted by Gasteiger charge is -2.33. The van der Waals surface area contributed by atoms with Crippen LogP contribution in [0.5, 0.6) is 0 Å². The predicted molar refractivity (Wildman–Crippen MR) is 81.2 cm³/mol. The molecule has 118 valence electrons. The van der Waals surface area contributed by atoms with Gasteiger partial charge >= 0.3 is 0 Å². The van der Waals surface area contributed by atoms with Gasteiger partial charge in [0, 0.05) is 18.7 Å². The third-order valence-electron chi connectivity index (χ3n) is 3.93. The summed E-state index contributed by atoms with van der Waals surface area (Å²) < 4.78 is 1.60. The molecule has 0 aliphatic carbocycles. The Morgan fingerprint density at radius 1 is 1.48 bits per heavy atom. The van der Waals surface area contributed by atoms with Crippen LogP contribution in [0.25, 0.3) is 0 Å². The zero-order valence-electron chi connectivity index (χ0n) is 13.2. The van der Waals surface area contributed by atoms with Crippen LogP contribution in [0.15, 0.2) is 12.3 Å². The molecule has 7 nitrogen and oxygen atoms in total. The molecule has 1 aromatic rings. The number of hydrogen-bond donors (Lipinski definition) is 2. The Hall–Kier alpha value is -1.89. The van der Waals surface area contributed by atoms with E-state index in [1.165, 1.54) is 12.3 Å². The fraction of sp³-hybridized carbons (Fsp3) is 0.643. The maximum atomic E-state index is 12.5. The number of amides is 1. The molecule has 0 aliphatic heterocycles. The molecule has 1 aromatic heterocycles. The number of hydrogen-bond acceptors (Lipinski definition) is 4. The molecule has 1 heterocycles. The summed E-state index contributed by atoms with van der Waals surface area (Å²) in [6.07, 6.45) is 1.38. The van der Waals surface area contributed by atoms with Crippen LogP contribution in [-0.4, -0.2) is 27.5 Å². The fourth-order valence-corrected chi connectivity index (χ4v) is 1.93. The second-order valence-electron chi connectivity index (χ2n) is 6.07. The monoisotopic (exact) mass is 296 g/mol. The number of rotatable bonds is 6. The number of carbonyl (C=O) groups excluding carboxylic acids is 1. The van der Waals surface area contributed by atoms with E-state index >= 15 is 0 Å². The van der Waals surface area contributed by atoms with Gasteiger partial charge in [0.15, 0.2) is 0 Å². The van der Waals surface area contributed by atoms with Crippen molar-refractivity contribution in [3.05, 3.63) is 28.1 Å². The molecule has 0 saturated heterocycles. The molecule has 0 bridgehead atoms. The van der Waals surface area contributed by atoms with Crippen LogP contribution in [0.2, 0.25) is 0 Å². The first-order valence-corrected chi connectivity index (χ1v) is 7.01. The standard InChI is InChI=1S/C14H24N4O3/c1-9(2)14(5,8-15)16-13(19)12-6-11(18(20)21)7-17(12)10(3)4/h6-7,9-10H,8,15H2,1-5H3,(H,16,19). The van der Waals surface area contributed by atoms with Crippen molar-refractivity contribution in [3.63, 3.8) is 0 Å². The topological polar surface area (TPSA) is 103 Å². The van der Waals surface area contributed by atoms with Gasteiger partial charge in [-0.1, -0.05) is 13.8 Å². The van der Waals surface area contributed by atoms with E-state index in [-0.39, 0.29) is 29.2 Å². The highest BCUT2D eigenvalue weighted by molar-refractivity contribution is 5.94. The van der Waals surface area contributed by atoms with E-state index in [4.69, 9.17) is 5.73 Å². The highest BCUT2D eigenvalue weighted by Crippen LogP contribution is 2.22. The number of carbonyl (C=O) groups is 1. The van der Waals surface area contributed by atoms with Crippen molar-refractivity contribution in [2.45, 2.75) is 46.2 Å². The minimum absolute atomic E-state index is 0.0531. The summed E-state index contributed by atoms with van der Waals surface area (Å²) in [6.45, 7) is 9.83. The van der Waals surface area contributed by atoms with Gasteiger partial charge in [-0.15, -0.1) is 0 Å². The summed E-state index contributed by atoms with van der Waals surface area (Å²) in [5.41, 5.74) is 5.38. The van der Waals surface area contributed by atoms with E-state index in [9.17, 15) is 14.9 Å². The van der Waals surface area contributed by atoms with Crippen LogP contribution in [0.1, 0.15) is 51.1 Å². The summed E-state index contributed by atoms with van der Waals surface area (Å²) >= 11 is 0. The summed E-state index contributed by atoms with van der Waals surface area (Å²) in [7, 11) is 0. The van der Waals surface area contributed by atoms with E-state index in [0.29, 0.717) is 6.54 Å². The minimum Gasteiger partial charge on any atom is -0.344 e. The Balaban J connectivity index is 3.15. The molecule has 3 N–H and O–H groups in total. The van der Waals surface area contributed by atoms with Crippen LogP contribution in [-0.2, 0) is 0 Å². The van der Waals surface area contributed by atoms with E-state index in [2.05, 4.69) is 5.32 Å². The molecule has 0 radical (unpaired) electrons. The Bertz CT molecular complexity index is 536. The minimum atomic E-state index is -0.558. The second-order valence-corrected chi connectivity index (χ2v) is 6.07. The lowest BCUT2D eigenvalue weighted by molar-refractivity contribution is -0.384. The van der Waals surface area contributed by atoms with Gasteiger partial charge in [-0.05, 0) is 26.7 Å². The molecule has 0 spiro atoms. The Morgan fingerprint density at radius 2 is 2.05 bits per heavy atom.